The van der Waals surface area contributed by atoms with E-state index in [0.717, 1.165) is 25.1 Å². The van der Waals surface area contributed by atoms with Gasteiger partial charge in [0.05, 0.1) is 12.0 Å². The molecule has 0 bridgehead atoms. The topological polar surface area (TPSA) is 73.0 Å². The summed E-state index contributed by atoms with van der Waals surface area (Å²) in [6.07, 6.45) is 3.84. The Hall–Kier alpha value is -2.18. The quantitative estimate of drug-likeness (QED) is 0.812. The number of hydrogen-bond acceptors (Lipinski definition) is 4. The first-order valence-electron chi connectivity index (χ1n) is 7.30. The van der Waals surface area contributed by atoms with Crippen LogP contribution in [0, 0.1) is 0 Å². The van der Waals surface area contributed by atoms with Crippen molar-refractivity contribution in [2.24, 2.45) is 7.05 Å². The Morgan fingerprint density at radius 2 is 2.10 bits per heavy atom. The summed E-state index contributed by atoms with van der Waals surface area (Å²) in [7, 11) is 1.76. The van der Waals surface area contributed by atoms with Gasteiger partial charge < -0.3 is 4.90 Å². The molecule has 0 spiro atoms. The fourth-order valence-corrected chi connectivity index (χ4v) is 2.83. The molecule has 0 N–H and O–H groups in total. The van der Waals surface area contributed by atoms with Crippen molar-refractivity contribution >= 4 is 16.9 Å². The number of aryl methyl sites for hydroxylation is 2. The highest BCUT2D eigenvalue weighted by Crippen LogP contribution is 2.12. The van der Waals surface area contributed by atoms with Crippen molar-refractivity contribution in [1.82, 2.24) is 24.2 Å². The second kappa shape index (κ2) is 5.31. The molecule has 0 unspecified atom stereocenters. The van der Waals surface area contributed by atoms with Crippen molar-refractivity contribution in [1.29, 1.82) is 0 Å². The molecule has 1 fully saturated rings. The highest BCUT2D eigenvalue weighted by atomic mass is 16.2. The summed E-state index contributed by atoms with van der Waals surface area (Å²) in [6.45, 7) is 3.81. The van der Waals surface area contributed by atoms with Crippen LogP contribution in [0.25, 0.3) is 11.0 Å². The number of likely N-dealkylation sites (tertiary alicyclic amines) is 1. The molecule has 2 aromatic rings. The molecular weight excluding hydrogens is 270 g/mol. The number of rotatable bonds is 4. The first kappa shape index (κ1) is 13.8. The standard InChI is InChI=1S/C14H19N5O2/c1-3-10-12-13(17(2)16-10)14(21)19(9-15-12)8-7-18-6-4-5-11(18)20/h9H,3-8H2,1-2H3. The molecule has 1 amide bonds. The lowest BCUT2D eigenvalue weighted by Gasteiger charge is -2.15. The Kier molecular flexibility index (Phi) is 3.48. The van der Waals surface area contributed by atoms with E-state index in [1.807, 2.05) is 6.92 Å². The van der Waals surface area contributed by atoms with Crippen LogP contribution >= 0.6 is 0 Å². The lowest BCUT2D eigenvalue weighted by atomic mass is 10.3. The molecule has 1 aliphatic heterocycles. The number of hydrogen-bond donors (Lipinski definition) is 0. The molecule has 21 heavy (non-hydrogen) atoms. The molecule has 0 saturated carbocycles. The van der Waals surface area contributed by atoms with E-state index in [-0.39, 0.29) is 11.5 Å². The lowest BCUT2D eigenvalue weighted by molar-refractivity contribution is -0.127. The fourth-order valence-electron chi connectivity index (χ4n) is 2.83. The summed E-state index contributed by atoms with van der Waals surface area (Å²) in [5.74, 6) is 0.172. The van der Waals surface area contributed by atoms with Crippen LogP contribution < -0.4 is 5.56 Å². The van der Waals surface area contributed by atoms with E-state index in [9.17, 15) is 9.59 Å². The minimum atomic E-state index is -0.0960. The Morgan fingerprint density at radius 1 is 1.29 bits per heavy atom. The molecule has 7 nitrogen and oxygen atoms in total. The van der Waals surface area contributed by atoms with Crippen molar-refractivity contribution < 1.29 is 4.79 Å². The third-order valence-electron chi connectivity index (χ3n) is 4.00. The third-order valence-corrected chi connectivity index (χ3v) is 4.00. The monoisotopic (exact) mass is 289 g/mol. The first-order chi connectivity index (χ1) is 10.1. The van der Waals surface area contributed by atoms with Crippen LogP contribution in [0.4, 0.5) is 0 Å². The first-order valence-corrected chi connectivity index (χ1v) is 7.30. The maximum absolute atomic E-state index is 12.5. The van der Waals surface area contributed by atoms with E-state index in [4.69, 9.17) is 0 Å². The Labute approximate surface area is 122 Å². The maximum atomic E-state index is 12.5. The molecule has 1 saturated heterocycles. The zero-order valence-electron chi connectivity index (χ0n) is 12.4. The average molecular weight is 289 g/mol. The van der Waals surface area contributed by atoms with Gasteiger partial charge in [-0.3, -0.25) is 18.8 Å². The molecule has 0 radical (unpaired) electrons. The van der Waals surface area contributed by atoms with Crippen LogP contribution in [0.1, 0.15) is 25.5 Å². The summed E-state index contributed by atoms with van der Waals surface area (Å²) in [5.41, 5.74) is 1.95. The molecule has 2 aromatic heterocycles. The SMILES string of the molecule is CCc1nn(C)c2c(=O)n(CCN3CCCC3=O)cnc12. The number of nitrogens with zero attached hydrogens (tertiary/aromatic N) is 5. The van der Waals surface area contributed by atoms with Crippen LogP contribution in [-0.2, 0) is 24.8 Å². The second-order valence-corrected chi connectivity index (χ2v) is 5.35. The lowest BCUT2D eigenvalue weighted by Crippen LogP contribution is -2.32. The summed E-state index contributed by atoms with van der Waals surface area (Å²) >= 11 is 0. The van der Waals surface area contributed by atoms with Crippen molar-refractivity contribution in [3.05, 3.63) is 22.4 Å². The highest BCUT2D eigenvalue weighted by Gasteiger charge is 2.20. The van der Waals surface area contributed by atoms with E-state index < -0.39 is 0 Å². The minimum Gasteiger partial charge on any atom is -0.341 e. The fraction of sp³-hybridized carbons (Fsp3) is 0.571. The van der Waals surface area contributed by atoms with Crippen LogP contribution in [0.5, 0.6) is 0 Å². The summed E-state index contributed by atoms with van der Waals surface area (Å²) in [6, 6.07) is 0. The normalized spacial score (nSPS) is 15.3. The van der Waals surface area contributed by atoms with E-state index >= 15 is 0 Å². The zero-order chi connectivity index (χ0) is 15.0. The summed E-state index contributed by atoms with van der Waals surface area (Å²) in [4.78, 5) is 30.3. The number of fused-ring (bicyclic) bond motifs is 1. The number of aromatic nitrogens is 4. The number of carbonyl (C=O) groups excluding carboxylic acids is 1. The second-order valence-electron chi connectivity index (χ2n) is 5.35. The van der Waals surface area contributed by atoms with E-state index in [1.54, 1.807) is 27.5 Å². The van der Waals surface area contributed by atoms with Gasteiger partial charge in [0.2, 0.25) is 5.91 Å². The number of amides is 1. The molecular formula is C14H19N5O2. The molecule has 7 heteroatoms. The van der Waals surface area contributed by atoms with Gasteiger partial charge in [-0.25, -0.2) is 4.98 Å². The van der Waals surface area contributed by atoms with Gasteiger partial charge >= 0.3 is 0 Å². The van der Waals surface area contributed by atoms with Gasteiger partial charge in [0, 0.05) is 33.1 Å². The summed E-state index contributed by atoms with van der Waals surface area (Å²) in [5, 5.41) is 4.34. The van der Waals surface area contributed by atoms with Crippen molar-refractivity contribution in [2.45, 2.75) is 32.7 Å². The third kappa shape index (κ3) is 2.32. The van der Waals surface area contributed by atoms with Gasteiger partial charge in [0.1, 0.15) is 5.52 Å². The molecule has 0 aliphatic carbocycles. The molecule has 0 atom stereocenters. The molecule has 0 aromatic carbocycles. The van der Waals surface area contributed by atoms with Gasteiger partial charge in [-0.15, -0.1) is 0 Å². The van der Waals surface area contributed by atoms with Gasteiger partial charge in [-0.2, -0.15) is 5.10 Å². The largest absolute Gasteiger partial charge is 0.341 e. The van der Waals surface area contributed by atoms with Gasteiger partial charge in [0.15, 0.2) is 5.52 Å². The van der Waals surface area contributed by atoms with Crippen LogP contribution in [-0.4, -0.2) is 43.2 Å². The van der Waals surface area contributed by atoms with Gasteiger partial charge in [-0.1, -0.05) is 6.92 Å². The molecule has 1 aliphatic rings. The Morgan fingerprint density at radius 3 is 2.76 bits per heavy atom. The van der Waals surface area contributed by atoms with E-state index in [2.05, 4.69) is 10.1 Å². The predicted octanol–water partition coefficient (Wildman–Crippen LogP) is 0.315. The smallest absolute Gasteiger partial charge is 0.279 e. The molecule has 3 heterocycles. The Bertz CT molecular complexity index is 746. The van der Waals surface area contributed by atoms with Crippen molar-refractivity contribution in [3.63, 3.8) is 0 Å². The van der Waals surface area contributed by atoms with E-state index in [1.165, 1.54) is 0 Å². The molecule has 3 rings (SSSR count). The average Bonchev–Trinajstić information content (AvgIpc) is 3.02. The minimum absolute atomic E-state index is 0.0960. The highest BCUT2D eigenvalue weighted by molar-refractivity contribution is 5.78. The van der Waals surface area contributed by atoms with Gasteiger partial charge in [0.25, 0.3) is 5.56 Å². The zero-order valence-corrected chi connectivity index (χ0v) is 12.4. The van der Waals surface area contributed by atoms with Crippen LogP contribution in [0.15, 0.2) is 11.1 Å². The predicted molar refractivity (Wildman–Crippen MR) is 78.0 cm³/mol. The summed E-state index contributed by atoms with van der Waals surface area (Å²) < 4.78 is 3.16. The maximum Gasteiger partial charge on any atom is 0.279 e. The Balaban J connectivity index is 1.90. The van der Waals surface area contributed by atoms with Crippen LogP contribution in [0.3, 0.4) is 0 Å². The van der Waals surface area contributed by atoms with E-state index in [0.29, 0.717) is 30.5 Å². The molecule has 112 valence electrons. The number of carbonyl (C=O) groups is 1. The van der Waals surface area contributed by atoms with Crippen molar-refractivity contribution in [2.75, 3.05) is 13.1 Å². The van der Waals surface area contributed by atoms with Crippen LogP contribution in [0.2, 0.25) is 0 Å². The van der Waals surface area contributed by atoms with Crippen molar-refractivity contribution in [3.8, 4) is 0 Å². The van der Waals surface area contributed by atoms with Gasteiger partial charge in [-0.05, 0) is 12.8 Å².